The summed E-state index contributed by atoms with van der Waals surface area (Å²) in [4.78, 5) is 10.8. The van der Waals surface area contributed by atoms with Crippen molar-refractivity contribution in [3.63, 3.8) is 0 Å². The molecule has 0 unspecified atom stereocenters. The molecule has 0 saturated carbocycles. The monoisotopic (exact) mass is 245 g/mol. The molecule has 80 valence electrons. The lowest BCUT2D eigenvalue weighted by atomic mass is 9.96. The highest BCUT2D eigenvalue weighted by molar-refractivity contribution is 6.42. The number of fused-ring (bicyclic) bond motifs is 1. The predicted octanol–water partition coefficient (Wildman–Crippen LogP) is 2.09. The lowest BCUT2D eigenvalue weighted by Gasteiger charge is -2.23. The number of rotatable bonds is 1. The molecule has 0 spiro atoms. The van der Waals surface area contributed by atoms with Gasteiger partial charge in [-0.1, -0.05) is 23.2 Å². The van der Waals surface area contributed by atoms with Gasteiger partial charge in [0, 0.05) is 6.54 Å². The quantitative estimate of drug-likeness (QED) is 0.797. The van der Waals surface area contributed by atoms with Gasteiger partial charge in [-0.05, 0) is 29.7 Å². The van der Waals surface area contributed by atoms with Gasteiger partial charge in [-0.15, -0.1) is 0 Å². The van der Waals surface area contributed by atoms with E-state index in [9.17, 15) is 4.79 Å². The minimum Gasteiger partial charge on any atom is -0.480 e. The van der Waals surface area contributed by atoms with Crippen LogP contribution in [0.15, 0.2) is 12.1 Å². The van der Waals surface area contributed by atoms with E-state index in [0.29, 0.717) is 23.0 Å². The van der Waals surface area contributed by atoms with Crippen LogP contribution in [0.4, 0.5) is 0 Å². The molecule has 1 aromatic rings. The first-order valence-electron chi connectivity index (χ1n) is 4.51. The van der Waals surface area contributed by atoms with Crippen molar-refractivity contribution in [2.75, 3.05) is 0 Å². The van der Waals surface area contributed by atoms with Crippen LogP contribution in [0.25, 0.3) is 0 Å². The van der Waals surface area contributed by atoms with E-state index in [0.717, 1.165) is 11.1 Å². The number of hydrogen-bond donors (Lipinski definition) is 2. The van der Waals surface area contributed by atoms with Crippen molar-refractivity contribution in [1.82, 2.24) is 5.32 Å². The molecule has 0 aromatic heterocycles. The third-order valence-electron chi connectivity index (χ3n) is 2.50. The third kappa shape index (κ3) is 2.09. The van der Waals surface area contributed by atoms with Crippen molar-refractivity contribution in [1.29, 1.82) is 0 Å². The Balaban J connectivity index is 2.34. The molecule has 0 saturated heterocycles. The number of carboxylic acid groups (broad SMARTS) is 1. The summed E-state index contributed by atoms with van der Waals surface area (Å²) in [5.41, 5.74) is 1.97. The summed E-state index contributed by atoms with van der Waals surface area (Å²) in [5.74, 6) is -0.841. The zero-order valence-electron chi connectivity index (χ0n) is 7.76. The van der Waals surface area contributed by atoms with E-state index in [2.05, 4.69) is 5.32 Å². The minimum absolute atomic E-state index is 0.446. The maximum absolute atomic E-state index is 10.8. The Hall–Kier alpha value is -0.770. The summed E-state index contributed by atoms with van der Waals surface area (Å²) in [7, 11) is 0. The van der Waals surface area contributed by atoms with Crippen LogP contribution in [0, 0.1) is 0 Å². The van der Waals surface area contributed by atoms with Crippen LogP contribution in [0.5, 0.6) is 0 Å². The van der Waals surface area contributed by atoms with Gasteiger partial charge in [-0.25, -0.2) is 0 Å². The van der Waals surface area contributed by atoms with E-state index < -0.39 is 12.0 Å². The van der Waals surface area contributed by atoms with Gasteiger partial charge in [-0.2, -0.15) is 0 Å². The van der Waals surface area contributed by atoms with Crippen LogP contribution >= 0.6 is 23.2 Å². The van der Waals surface area contributed by atoms with Crippen molar-refractivity contribution in [3.8, 4) is 0 Å². The first-order valence-corrected chi connectivity index (χ1v) is 5.26. The van der Waals surface area contributed by atoms with Gasteiger partial charge in [0.15, 0.2) is 0 Å². The molecule has 5 heteroatoms. The van der Waals surface area contributed by atoms with Crippen LogP contribution < -0.4 is 5.32 Å². The summed E-state index contributed by atoms with van der Waals surface area (Å²) >= 11 is 11.7. The Morgan fingerprint density at radius 3 is 2.53 bits per heavy atom. The second-order valence-corrected chi connectivity index (χ2v) is 4.33. The molecule has 0 bridgehead atoms. The molecule has 15 heavy (non-hydrogen) atoms. The van der Waals surface area contributed by atoms with E-state index in [1.54, 1.807) is 12.1 Å². The fraction of sp³-hybridized carbons (Fsp3) is 0.300. The molecule has 2 rings (SSSR count). The lowest BCUT2D eigenvalue weighted by Crippen LogP contribution is -2.41. The Kier molecular flexibility index (Phi) is 2.87. The first kappa shape index (κ1) is 10.7. The molecule has 0 fully saturated rings. The van der Waals surface area contributed by atoms with Gasteiger partial charge in [0.1, 0.15) is 6.04 Å². The Bertz CT molecular complexity index is 420. The normalized spacial score (nSPS) is 19.7. The van der Waals surface area contributed by atoms with Crippen molar-refractivity contribution in [3.05, 3.63) is 33.3 Å². The molecule has 0 aliphatic carbocycles. The molecular formula is C10H9Cl2NO2. The van der Waals surface area contributed by atoms with Crippen LogP contribution in [-0.2, 0) is 17.8 Å². The molecule has 1 aliphatic heterocycles. The molecule has 1 aliphatic rings. The van der Waals surface area contributed by atoms with Gasteiger partial charge in [0.2, 0.25) is 0 Å². The second-order valence-electron chi connectivity index (χ2n) is 3.51. The molecule has 1 heterocycles. The Morgan fingerprint density at radius 2 is 1.93 bits per heavy atom. The standard InChI is InChI=1S/C10H9Cl2NO2/c11-7-1-5-3-9(10(14)15)13-4-6(5)2-8(7)12/h1-2,9,13H,3-4H2,(H,14,15)/t9-/m0/s1. The zero-order valence-corrected chi connectivity index (χ0v) is 9.27. The van der Waals surface area contributed by atoms with Crippen LogP contribution in [0.3, 0.4) is 0 Å². The zero-order chi connectivity index (χ0) is 11.0. The third-order valence-corrected chi connectivity index (χ3v) is 3.23. The molecule has 0 amide bonds. The number of nitrogens with one attached hydrogen (secondary N) is 1. The topological polar surface area (TPSA) is 49.3 Å². The number of halogens is 2. The second kappa shape index (κ2) is 4.00. The van der Waals surface area contributed by atoms with Crippen molar-refractivity contribution < 1.29 is 9.90 Å². The molecule has 3 nitrogen and oxygen atoms in total. The van der Waals surface area contributed by atoms with Crippen LogP contribution in [-0.4, -0.2) is 17.1 Å². The van der Waals surface area contributed by atoms with E-state index in [1.165, 1.54) is 0 Å². The van der Waals surface area contributed by atoms with E-state index in [-0.39, 0.29) is 0 Å². The van der Waals surface area contributed by atoms with Crippen LogP contribution in [0.2, 0.25) is 10.0 Å². The van der Waals surface area contributed by atoms with E-state index in [1.807, 2.05) is 0 Å². The van der Waals surface area contributed by atoms with Crippen LogP contribution in [0.1, 0.15) is 11.1 Å². The Labute approximate surface area is 97.0 Å². The lowest BCUT2D eigenvalue weighted by molar-refractivity contribution is -0.139. The fourth-order valence-corrected chi connectivity index (χ4v) is 2.06. The number of carbonyl (C=O) groups is 1. The SMILES string of the molecule is O=C(O)[C@@H]1Cc2cc(Cl)c(Cl)cc2CN1. The fourth-order valence-electron chi connectivity index (χ4n) is 1.68. The summed E-state index contributed by atoms with van der Waals surface area (Å²) in [6.45, 7) is 0.517. The summed E-state index contributed by atoms with van der Waals surface area (Å²) in [6.07, 6.45) is 0.446. The highest BCUT2D eigenvalue weighted by Crippen LogP contribution is 2.28. The number of hydrogen-bond acceptors (Lipinski definition) is 2. The summed E-state index contributed by atoms with van der Waals surface area (Å²) < 4.78 is 0. The minimum atomic E-state index is -0.841. The average molecular weight is 246 g/mol. The summed E-state index contributed by atoms with van der Waals surface area (Å²) in [6, 6.07) is 3.00. The highest BCUT2D eigenvalue weighted by Gasteiger charge is 2.24. The maximum Gasteiger partial charge on any atom is 0.321 e. The van der Waals surface area contributed by atoms with Gasteiger partial charge in [0.25, 0.3) is 0 Å². The average Bonchev–Trinajstić information content (AvgIpc) is 2.19. The molecule has 1 atom stereocenters. The van der Waals surface area contributed by atoms with E-state index >= 15 is 0 Å². The van der Waals surface area contributed by atoms with Gasteiger partial charge in [-0.3, -0.25) is 4.79 Å². The first-order chi connectivity index (χ1) is 7.08. The largest absolute Gasteiger partial charge is 0.480 e. The number of carboxylic acids is 1. The number of benzene rings is 1. The molecule has 2 N–H and O–H groups in total. The van der Waals surface area contributed by atoms with Gasteiger partial charge >= 0.3 is 5.97 Å². The van der Waals surface area contributed by atoms with E-state index in [4.69, 9.17) is 28.3 Å². The van der Waals surface area contributed by atoms with Crippen molar-refractivity contribution >= 4 is 29.2 Å². The molecule has 0 radical (unpaired) electrons. The van der Waals surface area contributed by atoms with Crippen molar-refractivity contribution in [2.24, 2.45) is 0 Å². The Morgan fingerprint density at radius 1 is 1.33 bits per heavy atom. The predicted molar refractivity (Wildman–Crippen MR) is 58.4 cm³/mol. The molecule has 1 aromatic carbocycles. The maximum atomic E-state index is 10.8. The van der Waals surface area contributed by atoms with Crippen molar-refractivity contribution in [2.45, 2.75) is 19.0 Å². The number of aliphatic carboxylic acids is 1. The smallest absolute Gasteiger partial charge is 0.321 e. The molecular weight excluding hydrogens is 237 g/mol. The van der Waals surface area contributed by atoms with Gasteiger partial charge < -0.3 is 10.4 Å². The summed E-state index contributed by atoms with van der Waals surface area (Å²) in [5, 5.41) is 12.8. The highest BCUT2D eigenvalue weighted by atomic mass is 35.5. The van der Waals surface area contributed by atoms with Gasteiger partial charge in [0.05, 0.1) is 10.0 Å².